The Morgan fingerprint density at radius 2 is 2.12 bits per heavy atom. The van der Waals surface area contributed by atoms with Crippen molar-refractivity contribution in [3.8, 4) is 6.07 Å². The Labute approximate surface area is 107 Å². The molecule has 0 amide bonds. The third kappa shape index (κ3) is 2.42. The van der Waals surface area contributed by atoms with Crippen LogP contribution in [-0.4, -0.2) is 9.91 Å². The lowest BCUT2D eigenvalue weighted by atomic mass is 10.3. The van der Waals surface area contributed by atoms with E-state index in [4.69, 9.17) is 5.26 Å². The summed E-state index contributed by atoms with van der Waals surface area (Å²) in [5.74, 6) is 0. The zero-order chi connectivity index (χ0) is 12.6. The smallest absolute Gasteiger partial charge is 0.309 e. The fourth-order valence-electron chi connectivity index (χ4n) is 1.43. The molecule has 2 rings (SSSR count). The van der Waals surface area contributed by atoms with Crippen LogP contribution in [0.15, 0.2) is 33.9 Å². The van der Waals surface area contributed by atoms with Gasteiger partial charge in [0.05, 0.1) is 11.1 Å². The number of hydrogen-bond donors (Lipinski definition) is 0. The summed E-state index contributed by atoms with van der Waals surface area (Å²) in [5.41, 5.74) is -3.86. The molecule has 0 saturated carbocycles. The lowest BCUT2D eigenvalue weighted by molar-refractivity contribution is -0.0329. The first-order valence-corrected chi connectivity index (χ1v) is 5.99. The maximum absolute atomic E-state index is 12.4. The summed E-state index contributed by atoms with van der Waals surface area (Å²) in [6, 6.07) is 6.52. The van der Waals surface area contributed by atoms with Crippen molar-refractivity contribution in [1.29, 1.82) is 5.26 Å². The minimum atomic E-state index is -4.41. The highest BCUT2D eigenvalue weighted by Gasteiger charge is 2.32. The number of fused-ring (bicyclic) bond motifs is 1. The Morgan fingerprint density at radius 1 is 1.41 bits per heavy atom. The van der Waals surface area contributed by atoms with Crippen molar-refractivity contribution >= 4 is 33.2 Å². The van der Waals surface area contributed by atoms with Crippen molar-refractivity contribution in [2.45, 2.75) is 10.5 Å². The van der Waals surface area contributed by atoms with E-state index in [1.807, 2.05) is 0 Å². The van der Waals surface area contributed by atoms with Crippen LogP contribution in [0.5, 0.6) is 0 Å². The van der Waals surface area contributed by atoms with Gasteiger partial charge in [-0.3, -0.25) is 0 Å². The van der Waals surface area contributed by atoms with Crippen molar-refractivity contribution in [3.63, 3.8) is 0 Å². The van der Waals surface area contributed by atoms with E-state index in [0.717, 1.165) is 0 Å². The number of rotatable bonds is 1. The summed E-state index contributed by atoms with van der Waals surface area (Å²) in [7, 11) is 0. The van der Waals surface area contributed by atoms with E-state index in [9.17, 15) is 13.2 Å². The molecule has 2 aromatic heterocycles. The molecule has 0 atom stereocenters. The van der Waals surface area contributed by atoms with Gasteiger partial charge in [0.25, 0.3) is 0 Å². The van der Waals surface area contributed by atoms with Crippen molar-refractivity contribution in [1.82, 2.24) is 4.40 Å². The number of alkyl halides is 3. The molecule has 2 nitrogen and oxygen atoms in total. The number of hydrogen-bond acceptors (Lipinski definition) is 2. The number of pyridine rings is 1. The number of nitrogens with zero attached hydrogens (tertiary/aromatic N) is 2. The molecule has 0 spiro atoms. The predicted octanol–water partition coefficient (Wildman–Crippen LogP) is 4.19. The summed E-state index contributed by atoms with van der Waals surface area (Å²) in [5, 5.41) is 8.73. The highest BCUT2D eigenvalue weighted by Crippen LogP contribution is 2.40. The Morgan fingerprint density at radius 3 is 2.71 bits per heavy atom. The van der Waals surface area contributed by atoms with Gasteiger partial charge in [-0.1, -0.05) is 0 Å². The molecule has 0 unspecified atom stereocenters. The normalized spacial score (nSPS) is 11.7. The van der Waals surface area contributed by atoms with Crippen molar-refractivity contribution in [3.05, 3.63) is 34.4 Å². The topological polar surface area (TPSA) is 28.2 Å². The summed E-state index contributed by atoms with van der Waals surface area (Å²) in [6.45, 7) is 0. The largest absolute Gasteiger partial charge is 0.447 e. The molecular formula is C10H4BrF3N2S. The Hall–Kier alpha value is -1.13. The third-order valence-electron chi connectivity index (χ3n) is 2.05. The van der Waals surface area contributed by atoms with Crippen molar-refractivity contribution in [2.24, 2.45) is 0 Å². The van der Waals surface area contributed by atoms with Gasteiger partial charge in [0, 0.05) is 22.4 Å². The first kappa shape index (κ1) is 12.3. The van der Waals surface area contributed by atoms with Crippen LogP contribution in [-0.2, 0) is 0 Å². The monoisotopic (exact) mass is 320 g/mol. The molecule has 0 saturated heterocycles. The van der Waals surface area contributed by atoms with E-state index in [-0.39, 0.29) is 22.4 Å². The third-order valence-corrected chi connectivity index (χ3v) is 3.56. The molecule has 88 valence electrons. The van der Waals surface area contributed by atoms with Crippen LogP contribution in [0, 0.1) is 11.3 Å². The molecule has 0 aromatic carbocycles. The second-order valence-corrected chi connectivity index (χ2v) is 5.04. The summed E-state index contributed by atoms with van der Waals surface area (Å²) in [6.07, 6.45) is 1.50. The highest BCUT2D eigenvalue weighted by molar-refractivity contribution is 9.10. The first-order chi connectivity index (χ1) is 7.92. The average Bonchev–Trinajstić information content (AvgIpc) is 2.56. The van der Waals surface area contributed by atoms with Gasteiger partial charge in [0.1, 0.15) is 11.1 Å². The van der Waals surface area contributed by atoms with Gasteiger partial charge >= 0.3 is 5.51 Å². The number of aromatic nitrogens is 1. The Bertz CT molecular complexity index is 612. The average molecular weight is 321 g/mol. The number of nitriles is 1. The molecule has 0 radical (unpaired) electrons. The van der Waals surface area contributed by atoms with Gasteiger partial charge in [0.15, 0.2) is 0 Å². The summed E-state index contributed by atoms with van der Waals surface area (Å²) in [4.78, 5) is 0. The molecule has 0 aliphatic carbocycles. The van der Waals surface area contributed by atoms with E-state index in [1.54, 1.807) is 18.2 Å². The number of thioether (sulfide) groups is 1. The molecule has 2 aromatic rings. The van der Waals surface area contributed by atoms with Crippen LogP contribution < -0.4 is 0 Å². The van der Waals surface area contributed by atoms with Gasteiger partial charge in [0.2, 0.25) is 0 Å². The quantitative estimate of drug-likeness (QED) is 0.737. The van der Waals surface area contributed by atoms with Crippen molar-refractivity contribution in [2.75, 3.05) is 0 Å². The fourth-order valence-corrected chi connectivity index (χ4v) is 2.58. The minimum Gasteiger partial charge on any atom is -0.309 e. The van der Waals surface area contributed by atoms with E-state index >= 15 is 0 Å². The predicted molar refractivity (Wildman–Crippen MR) is 61.7 cm³/mol. The van der Waals surface area contributed by atoms with Gasteiger partial charge in [-0.25, -0.2) is 0 Å². The van der Waals surface area contributed by atoms with E-state index in [0.29, 0.717) is 9.99 Å². The van der Waals surface area contributed by atoms with Crippen LogP contribution in [0.1, 0.15) is 5.56 Å². The van der Waals surface area contributed by atoms with Gasteiger partial charge in [-0.15, -0.1) is 0 Å². The SMILES string of the molecule is N#Cc1cc2c(Br)cccn2c1SC(F)(F)F. The standard InChI is InChI=1S/C10H4BrF3N2S/c11-7-2-1-3-16-8(7)4-6(5-15)9(16)17-10(12,13)14/h1-4H. The van der Waals surface area contributed by atoms with Crippen LogP contribution >= 0.6 is 27.7 Å². The first-order valence-electron chi connectivity index (χ1n) is 4.38. The Kier molecular flexibility index (Phi) is 3.10. The zero-order valence-corrected chi connectivity index (χ0v) is 10.5. The lowest BCUT2D eigenvalue weighted by Gasteiger charge is -2.06. The highest BCUT2D eigenvalue weighted by atomic mass is 79.9. The molecule has 0 aliphatic heterocycles. The minimum absolute atomic E-state index is 0.0132. The van der Waals surface area contributed by atoms with Crippen LogP contribution in [0.4, 0.5) is 13.2 Å². The zero-order valence-electron chi connectivity index (χ0n) is 8.12. The van der Waals surface area contributed by atoms with E-state index < -0.39 is 5.51 Å². The van der Waals surface area contributed by atoms with Crippen molar-refractivity contribution < 1.29 is 13.2 Å². The maximum atomic E-state index is 12.4. The second kappa shape index (κ2) is 4.27. The van der Waals surface area contributed by atoms with Gasteiger partial charge in [-0.05, 0) is 34.1 Å². The fraction of sp³-hybridized carbons (Fsp3) is 0.100. The molecule has 0 bridgehead atoms. The second-order valence-electron chi connectivity index (χ2n) is 3.13. The Balaban J connectivity index is 2.68. The molecule has 0 fully saturated rings. The van der Waals surface area contributed by atoms with Gasteiger partial charge < -0.3 is 4.40 Å². The molecule has 17 heavy (non-hydrogen) atoms. The van der Waals surface area contributed by atoms with E-state index in [1.165, 1.54) is 16.7 Å². The lowest BCUT2D eigenvalue weighted by Crippen LogP contribution is -2.01. The molecule has 7 heteroatoms. The number of halogens is 4. The van der Waals surface area contributed by atoms with Crippen LogP contribution in [0.3, 0.4) is 0 Å². The molecule has 0 aliphatic rings. The van der Waals surface area contributed by atoms with Gasteiger partial charge in [-0.2, -0.15) is 18.4 Å². The summed E-state index contributed by atoms with van der Waals surface area (Å²) < 4.78 is 39.2. The summed E-state index contributed by atoms with van der Waals surface area (Å²) >= 11 is 2.95. The molecule has 2 heterocycles. The molecule has 0 N–H and O–H groups in total. The van der Waals surface area contributed by atoms with Crippen LogP contribution in [0.25, 0.3) is 5.52 Å². The molecular weight excluding hydrogens is 317 g/mol. The van der Waals surface area contributed by atoms with Crippen LogP contribution in [0.2, 0.25) is 0 Å². The maximum Gasteiger partial charge on any atom is 0.447 e. The van der Waals surface area contributed by atoms with E-state index in [2.05, 4.69) is 15.9 Å².